The molecule has 0 heterocycles. The van der Waals surface area contributed by atoms with Gasteiger partial charge < -0.3 is 14.7 Å². The molecule has 138 valence electrons. The minimum absolute atomic E-state index is 0.0703. The molecular weight excluding hydrogens is 336 g/mol. The Morgan fingerprint density at radius 1 is 1.23 bits per heavy atom. The number of nitro benzene ring substituents is 1. The molecule has 0 saturated heterocycles. The number of nitro groups is 1. The van der Waals surface area contributed by atoms with Crippen LogP contribution in [0.5, 0.6) is 5.75 Å². The molecular formula is C18H22N4O4. The lowest BCUT2D eigenvalue weighted by Gasteiger charge is -2.26. The molecule has 0 fully saturated rings. The molecule has 1 N–H and O–H groups in total. The Hall–Kier alpha value is -3.00. The molecule has 0 amide bonds. The summed E-state index contributed by atoms with van der Waals surface area (Å²) < 4.78 is 5.15. The second-order valence-electron chi connectivity index (χ2n) is 5.70. The molecule has 0 saturated carbocycles. The highest BCUT2D eigenvalue weighted by Crippen LogP contribution is 2.33. The topological polar surface area (TPSA) is 101 Å². The Balaban J connectivity index is 2.29. The lowest BCUT2D eigenvalue weighted by molar-refractivity contribution is -0.384. The summed E-state index contributed by atoms with van der Waals surface area (Å²) in [6.45, 7) is 6.27. The summed E-state index contributed by atoms with van der Waals surface area (Å²) in [7, 11) is 1.42. The predicted octanol–water partition coefficient (Wildman–Crippen LogP) is 4.49. The van der Waals surface area contributed by atoms with Crippen molar-refractivity contribution in [3.8, 4) is 5.75 Å². The molecule has 2 aromatic carbocycles. The smallest absolute Gasteiger partial charge is 0.273 e. The number of benzene rings is 2. The largest absolute Gasteiger partial charge is 0.494 e. The Kier molecular flexibility index (Phi) is 6.24. The van der Waals surface area contributed by atoms with Gasteiger partial charge in [0, 0.05) is 18.3 Å². The van der Waals surface area contributed by atoms with Gasteiger partial charge in [-0.2, -0.15) is 5.11 Å². The quantitative estimate of drug-likeness (QED) is 0.340. The molecule has 1 unspecified atom stereocenters. The van der Waals surface area contributed by atoms with Gasteiger partial charge in [-0.15, -0.1) is 5.11 Å². The van der Waals surface area contributed by atoms with Crippen LogP contribution in [0.15, 0.2) is 46.6 Å². The average Bonchev–Trinajstić information content (AvgIpc) is 2.61. The summed E-state index contributed by atoms with van der Waals surface area (Å²) in [5, 5.41) is 29.0. The van der Waals surface area contributed by atoms with Crippen molar-refractivity contribution in [1.29, 1.82) is 0 Å². The second-order valence-corrected chi connectivity index (χ2v) is 5.70. The number of rotatable bonds is 7. The van der Waals surface area contributed by atoms with Crippen LogP contribution in [0.3, 0.4) is 0 Å². The van der Waals surface area contributed by atoms with Crippen LogP contribution < -0.4 is 9.64 Å². The summed E-state index contributed by atoms with van der Waals surface area (Å²) >= 11 is 0. The minimum atomic E-state index is -0.587. The average molecular weight is 358 g/mol. The molecule has 2 aromatic rings. The third-order valence-corrected chi connectivity index (χ3v) is 3.94. The van der Waals surface area contributed by atoms with E-state index in [9.17, 15) is 15.2 Å². The van der Waals surface area contributed by atoms with E-state index >= 15 is 0 Å². The maximum Gasteiger partial charge on any atom is 0.273 e. The first-order valence-electron chi connectivity index (χ1n) is 8.17. The molecule has 0 radical (unpaired) electrons. The van der Waals surface area contributed by atoms with Crippen molar-refractivity contribution in [2.75, 3.05) is 18.6 Å². The SMILES string of the molecule is CCN(c1ccc(N=Nc2ccc([N+](=O)[O-])cc2OC)c(C)c1)C(C)O. The van der Waals surface area contributed by atoms with E-state index in [1.54, 1.807) is 6.92 Å². The Morgan fingerprint density at radius 2 is 1.88 bits per heavy atom. The summed E-state index contributed by atoms with van der Waals surface area (Å²) in [4.78, 5) is 12.2. The van der Waals surface area contributed by atoms with Crippen molar-refractivity contribution < 1.29 is 14.8 Å². The zero-order valence-corrected chi connectivity index (χ0v) is 15.2. The van der Waals surface area contributed by atoms with Gasteiger partial charge in [0.05, 0.1) is 23.8 Å². The number of hydrogen-bond donors (Lipinski definition) is 1. The first kappa shape index (κ1) is 19.3. The highest BCUT2D eigenvalue weighted by atomic mass is 16.6. The van der Waals surface area contributed by atoms with Crippen molar-refractivity contribution >= 4 is 22.7 Å². The van der Waals surface area contributed by atoms with Gasteiger partial charge in [0.25, 0.3) is 5.69 Å². The van der Waals surface area contributed by atoms with E-state index in [1.807, 2.05) is 36.9 Å². The van der Waals surface area contributed by atoms with E-state index in [2.05, 4.69) is 10.2 Å². The first-order chi connectivity index (χ1) is 12.4. The maximum absolute atomic E-state index is 10.8. The monoisotopic (exact) mass is 358 g/mol. The fourth-order valence-corrected chi connectivity index (χ4v) is 2.56. The number of azo groups is 1. The molecule has 2 rings (SSSR count). The third-order valence-electron chi connectivity index (χ3n) is 3.94. The fourth-order valence-electron chi connectivity index (χ4n) is 2.56. The Morgan fingerprint density at radius 3 is 2.42 bits per heavy atom. The van der Waals surface area contributed by atoms with Gasteiger partial charge in [-0.1, -0.05) is 0 Å². The van der Waals surface area contributed by atoms with E-state index < -0.39 is 11.2 Å². The fraction of sp³-hybridized carbons (Fsp3) is 0.333. The molecule has 0 aliphatic rings. The standard InChI is InChI=1S/C18H22N4O4/c1-5-21(13(3)23)14-6-8-16(12(2)10-14)19-20-17-9-7-15(22(24)25)11-18(17)26-4/h6-11,13,23H,5H2,1-4H3. The Labute approximate surface area is 151 Å². The second kappa shape index (κ2) is 8.39. The van der Waals surface area contributed by atoms with E-state index in [-0.39, 0.29) is 11.4 Å². The Bertz CT molecular complexity index is 821. The highest BCUT2D eigenvalue weighted by molar-refractivity contribution is 5.59. The number of ether oxygens (including phenoxy) is 1. The molecule has 8 nitrogen and oxygen atoms in total. The van der Waals surface area contributed by atoms with Crippen LogP contribution in [0.25, 0.3) is 0 Å². The summed E-state index contributed by atoms with van der Waals surface area (Å²) in [5.74, 6) is 0.281. The van der Waals surface area contributed by atoms with Crippen LogP contribution in [0.2, 0.25) is 0 Å². The number of aryl methyl sites for hydroxylation is 1. The number of nitrogens with zero attached hydrogens (tertiary/aromatic N) is 4. The summed E-state index contributed by atoms with van der Waals surface area (Å²) in [6, 6.07) is 9.77. The van der Waals surface area contributed by atoms with Crippen molar-refractivity contribution in [1.82, 2.24) is 0 Å². The van der Waals surface area contributed by atoms with Gasteiger partial charge in [-0.3, -0.25) is 10.1 Å². The number of aliphatic hydroxyl groups is 1. The highest BCUT2D eigenvalue weighted by Gasteiger charge is 2.12. The maximum atomic E-state index is 10.8. The number of aliphatic hydroxyl groups excluding tert-OH is 1. The van der Waals surface area contributed by atoms with Crippen LogP contribution in [-0.2, 0) is 0 Å². The van der Waals surface area contributed by atoms with Gasteiger partial charge in [-0.05, 0) is 50.6 Å². The molecule has 0 aliphatic carbocycles. The van der Waals surface area contributed by atoms with Crippen molar-refractivity contribution in [2.45, 2.75) is 27.0 Å². The normalized spacial score (nSPS) is 12.2. The third kappa shape index (κ3) is 4.34. The van der Waals surface area contributed by atoms with Crippen molar-refractivity contribution in [3.63, 3.8) is 0 Å². The predicted molar refractivity (Wildman–Crippen MR) is 99.7 cm³/mol. The van der Waals surface area contributed by atoms with Crippen LogP contribution in [0, 0.1) is 17.0 Å². The minimum Gasteiger partial charge on any atom is -0.494 e. The van der Waals surface area contributed by atoms with Gasteiger partial charge in [0.2, 0.25) is 0 Å². The van der Waals surface area contributed by atoms with Gasteiger partial charge in [-0.25, -0.2) is 0 Å². The van der Waals surface area contributed by atoms with E-state index in [0.29, 0.717) is 17.9 Å². The van der Waals surface area contributed by atoms with E-state index in [4.69, 9.17) is 4.74 Å². The molecule has 0 aromatic heterocycles. The van der Waals surface area contributed by atoms with Gasteiger partial charge >= 0.3 is 0 Å². The molecule has 0 spiro atoms. The van der Waals surface area contributed by atoms with Crippen LogP contribution in [0.1, 0.15) is 19.4 Å². The lowest BCUT2D eigenvalue weighted by atomic mass is 10.1. The van der Waals surface area contributed by atoms with E-state index in [0.717, 1.165) is 11.3 Å². The summed E-state index contributed by atoms with van der Waals surface area (Å²) in [6.07, 6.45) is -0.587. The van der Waals surface area contributed by atoms with Gasteiger partial charge in [0.15, 0.2) is 5.75 Å². The van der Waals surface area contributed by atoms with Crippen molar-refractivity contribution in [2.24, 2.45) is 10.2 Å². The molecule has 0 bridgehead atoms. The summed E-state index contributed by atoms with van der Waals surface area (Å²) in [5.41, 5.74) is 2.79. The first-order valence-corrected chi connectivity index (χ1v) is 8.17. The zero-order chi connectivity index (χ0) is 19.3. The zero-order valence-electron chi connectivity index (χ0n) is 15.2. The number of non-ortho nitro benzene ring substituents is 1. The lowest BCUT2D eigenvalue weighted by Crippen LogP contribution is -2.32. The van der Waals surface area contributed by atoms with Gasteiger partial charge in [0.1, 0.15) is 11.9 Å². The number of methoxy groups -OCH3 is 1. The molecule has 26 heavy (non-hydrogen) atoms. The van der Waals surface area contributed by atoms with Crippen molar-refractivity contribution in [3.05, 3.63) is 52.1 Å². The molecule has 1 atom stereocenters. The molecule has 8 heteroatoms. The van der Waals surface area contributed by atoms with Crippen LogP contribution in [0.4, 0.5) is 22.7 Å². The van der Waals surface area contributed by atoms with Crippen LogP contribution in [-0.4, -0.2) is 29.9 Å². The molecule has 0 aliphatic heterocycles. The van der Waals surface area contributed by atoms with E-state index in [1.165, 1.54) is 25.3 Å². The number of hydrogen-bond acceptors (Lipinski definition) is 7. The van der Waals surface area contributed by atoms with Crippen LogP contribution >= 0.6 is 0 Å². The number of anilines is 1.